The molecule has 1 saturated heterocycles. The Kier molecular flexibility index (Phi) is 3.10. The van der Waals surface area contributed by atoms with Crippen molar-refractivity contribution >= 4 is 0 Å². The molecule has 2 fully saturated rings. The Hall–Kier alpha value is -0.520. The van der Waals surface area contributed by atoms with Crippen LogP contribution >= 0.6 is 0 Å². The van der Waals surface area contributed by atoms with Gasteiger partial charge in [-0.25, -0.2) is 0 Å². The first-order chi connectivity index (χ1) is 6.81. The van der Waals surface area contributed by atoms with Crippen molar-refractivity contribution in [3.05, 3.63) is 0 Å². The SMILES string of the molecule is C#CC(C)N(CC1CCCN1)C1CC1. The molecular weight excluding hydrogens is 172 g/mol. The minimum atomic E-state index is 0.310. The van der Waals surface area contributed by atoms with E-state index in [1.807, 2.05) is 0 Å². The zero-order valence-electron chi connectivity index (χ0n) is 9.00. The van der Waals surface area contributed by atoms with E-state index < -0.39 is 0 Å². The lowest BCUT2D eigenvalue weighted by Gasteiger charge is -2.28. The van der Waals surface area contributed by atoms with Crippen molar-refractivity contribution < 1.29 is 0 Å². The van der Waals surface area contributed by atoms with Gasteiger partial charge in [0.25, 0.3) is 0 Å². The third-order valence-electron chi connectivity index (χ3n) is 3.35. The third kappa shape index (κ3) is 2.29. The topological polar surface area (TPSA) is 15.3 Å². The zero-order chi connectivity index (χ0) is 9.97. The summed E-state index contributed by atoms with van der Waals surface area (Å²) < 4.78 is 0. The van der Waals surface area contributed by atoms with Gasteiger partial charge in [-0.2, -0.15) is 0 Å². The van der Waals surface area contributed by atoms with Crippen LogP contribution in [0.1, 0.15) is 32.6 Å². The molecule has 1 saturated carbocycles. The lowest BCUT2D eigenvalue weighted by Crippen LogP contribution is -2.43. The van der Waals surface area contributed by atoms with E-state index in [4.69, 9.17) is 6.42 Å². The largest absolute Gasteiger partial charge is 0.313 e. The molecule has 0 bridgehead atoms. The van der Waals surface area contributed by atoms with E-state index in [1.165, 1.54) is 32.2 Å². The Balaban J connectivity index is 1.87. The maximum Gasteiger partial charge on any atom is 0.0686 e. The Labute approximate surface area is 87.1 Å². The van der Waals surface area contributed by atoms with Gasteiger partial charge >= 0.3 is 0 Å². The van der Waals surface area contributed by atoms with Crippen molar-refractivity contribution in [3.8, 4) is 12.3 Å². The molecule has 2 nitrogen and oxygen atoms in total. The normalized spacial score (nSPS) is 29.1. The van der Waals surface area contributed by atoms with Crippen LogP contribution in [0.5, 0.6) is 0 Å². The molecule has 2 heteroatoms. The van der Waals surface area contributed by atoms with Crippen LogP contribution in [0, 0.1) is 12.3 Å². The van der Waals surface area contributed by atoms with Crippen molar-refractivity contribution in [3.63, 3.8) is 0 Å². The summed E-state index contributed by atoms with van der Waals surface area (Å²) in [6, 6.07) is 1.78. The molecule has 2 unspecified atom stereocenters. The van der Waals surface area contributed by atoms with Crippen LogP contribution in [-0.2, 0) is 0 Å². The summed E-state index contributed by atoms with van der Waals surface area (Å²) in [6.07, 6.45) is 10.8. The average Bonchev–Trinajstić information content (AvgIpc) is 2.92. The van der Waals surface area contributed by atoms with Gasteiger partial charge in [-0.05, 0) is 39.2 Å². The molecule has 2 rings (SSSR count). The highest BCUT2D eigenvalue weighted by Gasteiger charge is 2.33. The highest BCUT2D eigenvalue weighted by molar-refractivity contribution is 5.02. The van der Waals surface area contributed by atoms with Crippen molar-refractivity contribution in [1.82, 2.24) is 10.2 Å². The Morgan fingerprint density at radius 3 is 2.79 bits per heavy atom. The predicted octanol–water partition coefficient (Wildman–Crippen LogP) is 1.22. The standard InChI is InChI=1S/C12H20N2/c1-3-10(2)14(12-6-7-12)9-11-5-4-8-13-11/h1,10-13H,4-9H2,2H3. The first kappa shape index (κ1) is 10.0. The molecule has 1 N–H and O–H groups in total. The van der Waals surface area contributed by atoms with Crippen molar-refractivity contribution in [1.29, 1.82) is 0 Å². The van der Waals surface area contributed by atoms with E-state index in [0.29, 0.717) is 12.1 Å². The number of rotatable bonds is 4. The highest BCUT2D eigenvalue weighted by Crippen LogP contribution is 2.29. The molecule has 2 atom stereocenters. The van der Waals surface area contributed by atoms with Gasteiger partial charge in [0, 0.05) is 18.6 Å². The second-order valence-corrected chi connectivity index (χ2v) is 4.56. The molecule has 2 aliphatic rings. The molecule has 1 aliphatic heterocycles. The van der Waals surface area contributed by atoms with Crippen LogP contribution in [0.2, 0.25) is 0 Å². The molecule has 0 aromatic heterocycles. The van der Waals surface area contributed by atoms with Crippen molar-refractivity contribution in [2.45, 2.75) is 50.7 Å². The number of nitrogens with zero attached hydrogens (tertiary/aromatic N) is 1. The molecule has 0 aromatic carbocycles. The van der Waals surface area contributed by atoms with Gasteiger partial charge in [0.2, 0.25) is 0 Å². The number of hydrogen-bond donors (Lipinski definition) is 1. The molecular formula is C12H20N2. The van der Waals surface area contributed by atoms with E-state index in [1.54, 1.807) is 0 Å². The minimum Gasteiger partial charge on any atom is -0.313 e. The number of terminal acetylenes is 1. The van der Waals surface area contributed by atoms with Crippen molar-refractivity contribution in [2.24, 2.45) is 0 Å². The fourth-order valence-electron chi connectivity index (χ4n) is 2.29. The van der Waals surface area contributed by atoms with Crippen LogP contribution in [0.25, 0.3) is 0 Å². The second-order valence-electron chi connectivity index (χ2n) is 4.56. The summed E-state index contributed by atoms with van der Waals surface area (Å²) >= 11 is 0. The molecule has 0 spiro atoms. The van der Waals surface area contributed by atoms with Crippen LogP contribution in [-0.4, -0.2) is 36.1 Å². The summed E-state index contributed by atoms with van der Waals surface area (Å²) in [5, 5.41) is 3.54. The monoisotopic (exact) mass is 192 g/mol. The summed E-state index contributed by atoms with van der Waals surface area (Å²) in [4.78, 5) is 2.50. The fraction of sp³-hybridized carbons (Fsp3) is 0.833. The lowest BCUT2D eigenvalue weighted by molar-refractivity contribution is 0.215. The Bertz CT molecular complexity index is 221. The maximum absolute atomic E-state index is 5.50. The van der Waals surface area contributed by atoms with Gasteiger partial charge in [0.05, 0.1) is 6.04 Å². The van der Waals surface area contributed by atoms with Gasteiger partial charge in [-0.15, -0.1) is 6.42 Å². The average molecular weight is 192 g/mol. The van der Waals surface area contributed by atoms with E-state index in [9.17, 15) is 0 Å². The van der Waals surface area contributed by atoms with E-state index >= 15 is 0 Å². The molecule has 78 valence electrons. The maximum atomic E-state index is 5.50. The zero-order valence-corrected chi connectivity index (χ0v) is 9.00. The van der Waals surface area contributed by atoms with Gasteiger partial charge in [0.15, 0.2) is 0 Å². The van der Waals surface area contributed by atoms with Gasteiger partial charge in [0.1, 0.15) is 0 Å². The van der Waals surface area contributed by atoms with Crippen LogP contribution in [0.3, 0.4) is 0 Å². The summed E-state index contributed by atoms with van der Waals surface area (Å²) in [5.74, 6) is 2.86. The van der Waals surface area contributed by atoms with Crippen LogP contribution in [0.4, 0.5) is 0 Å². The molecule has 0 radical (unpaired) electrons. The lowest BCUT2D eigenvalue weighted by atomic mass is 10.2. The molecule has 1 heterocycles. The van der Waals surface area contributed by atoms with Gasteiger partial charge < -0.3 is 5.32 Å². The van der Waals surface area contributed by atoms with Gasteiger partial charge in [-0.3, -0.25) is 4.90 Å². The smallest absolute Gasteiger partial charge is 0.0686 e. The molecule has 1 aliphatic carbocycles. The number of nitrogens with one attached hydrogen (secondary N) is 1. The summed E-state index contributed by atoms with van der Waals surface area (Å²) in [5.41, 5.74) is 0. The fourth-order valence-corrected chi connectivity index (χ4v) is 2.29. The Morgan fingerprint density at radius 2 is 2.29 bits per heavy atom. The predicted molar refractivity (Wildman–Crippen MR) is 59.0 cm³/mol. The van der Waals surface area contributed by atoms with E-state index in [-0.39, 0.29) is 0 Å². The molecule has 0 aromatic rings. The molecule has 0 amide bonds. The summed E-state index contributed by atoms with van der Waals surface area (Å²) in [6.45, 7) is 4.48. The molecule has 14 heavy (non-hydrogen) atoms. The minimum absolute atomic E-state index is 0.310. The highest BCUT2D eigenvalue weighted by atomic mass is 15.2. The van der Waals surface area contributed by atoms with Crippen LogP contribution in [0.15, 0.2) is 0 Å². The van der Waals surface area contributed by atoms with E-state index in [0.717, 1.165) is 12.6 Å². The first-order valence-electron chi connectivity index (χ1n) is 5.76. The Morgan fingerprint density at radius 1 is 1.50 bits per heavy atom. The third-order valence-corrected chi connectivity index (χ3v) is 3.35. The quantitative estimate of drug-likeness (QED) is 0.674. The van der Waals surface area contributed by atoms with Gasteiger partial charge in [-0.1, -0.05) is 5.92 Å². The second kappa shape index (κ2) is 4.33. The van der Waals surface area contributed by atoms with Crippen molar-refractivity contribution in [2.75, 3.05) is 13.1 Å². The van der Waals surface area contributed by atoms with E-state index in [2.05, 4.69) is 23.1 Å². The van der Waals surface area contributed by atoms with Crippen LogP contribution < -0.4 is 5.32 Å². The number of hydrogen-bond acceptors (Lipinski definition) is 2. The first-order valence-corrected chi connectivity index (χ1v) is 5.76. The summed E-state index contributed by atoms with van der Waals surface area (Å²) in [7, 11) is 0.